The number of para-hydroxylation sites is 1. The molecule has 0 bridgehead atoms. The zero-order chi connectivity index (χ0) is 21.7. The minimum atomic E-state index is -0.447. The molecule has 30 heavy (non-hydrogen) atoms. The van der Waals surface area contributed by atoms with E-state index in [1.807, 2.05) is 26.8 Å². The molecular formula is C22H27FN4O3. The van der Waals surface area contributed by atoms with Gasteiger partial charge in [0, 0.05) is 24.5 Å². The zero-order valence-corrected chi connectivity index (χ0v) is 17.4. The average Bonchev–Trinajstić information content (AvgIpc) is 3.11. The fraction of sp³-hybridized carbons (Fsp3) is 0.364. The first kappa shape index (κ1) is 21.4. The van der Waals surface area contributed by atoms with Gasteiger partial charge in [0.05, 0.1) is 6.04 Å². The maximum atomic E-state index is 13.8. The number of hydrogen-bond acceptors (Lipinski definition) is 3. The third-order valence-corrected chi connectivity index (χ3v) is 4.87. The second kappa shape index (κ2) is 9.02. The molecule has 1 aliphatic heterocycles. The molecule has 0 aliphatic carbocycles. The lowest BCUT2D eigenvalue weighted by Crippen LogP contribution is -2.49. The first-order chi connectivity index (χ1) is 14.2. The van der Waals surface area contributed by atoms with Gasteiger partial charge in [0.2, 0.25) is 0 Å². The summed E-state index contributed by atoms with van der Waals surface area (Å²) >= 11 is 0. The Labute approximate surface area is 175 Å². The van der Waals surface area contributed by atoms with Crippen LogP contribution in [0.15, 0.2) is 48.5 Å². The molecular weight excluding hydrogens is 387 g/mol. The largest absolute Gasteiger partial charge is 0.488 e. The van der Waals surface area contributed by atoms with Crippen LogP contribution in [0.25, 0.3) is 0 Å². The standard InChI is InChI=1S/C22H27FN4O3/c1-22(2,3)19(14-30-18-10-5-4-9-17(18)23)26-20(28)25-15-7-6-8-16(13-15)27-12-11-24-21(27)29/h4-10,13,19H,11-12,14H2,1-3H3,(H,24,29)(H2,25,26,28). The highest BCUT2D eigenvalue weighted by Gasteiger charge is 2.28. The van der Waals surface area contributed by atoms with Crippen molar-refractivity contribution < 1.29 is 18.7 Å². The van der Waals surface area contributed by atoms with E-state index in [1.165, 1.54) is 6.07 Å². The molecule has 1 aliphatic rings. The molecule has 7 nitrogen and oxygen atoms in total. The van der Waals surface area contributed by atoms with Gasteiger partial charge in [0.1, 0.15) is 6.61 Å². The smallest absolute Gasteiger partial charge is 0.321 e. The molecule has 0 saturated carbocycles. The predicted octanol–water partition coefficient (Wildman–Crippen LogP) is 3.97. The van der Waals surface area contributed by atoms with E-state index < -0.39 is 11.8 Å². The Morgan fingerprint density at radius 2 is 2.00 bits per heavy atom. The van der Waals surface area contributed by atoms with Crippen molar-refractivity contribution >= 4 is 23.4 Å². The maximum Gasteiger partial charge on any atom is 0.321 e. The number of nitrogens with one attached hydrogen (secondary N) is 3. The summed E-state index contributed by atoms with van der Waals surface area (Å²) in [7, 11) is 0. The maximum absolute atomic E-state index is 13.8. The normalized spacial score (nSPS) is 14.8. The Morgan fingerprint density at radius 3 is 2.67 bits per heavy atom. The van der Waals surface area contributed by atoms with Crippen molar-refractivity contribution in [3.05, 3.63) is 54.3 Å². The number of carbonyl (C=O) groups is 2. The number of hydrogen-bond donors (Lipinski definition) is 3. The van der Waals surface area contributed by atoms with Crippen LogP contribution in [0.5, 0.6) is 5.75 Å². The first-order valence-corrected chi connectivity index (χ1v) is 9.84. The Balaban J connectivity index is 1.63. The van der Waals surface area contributed by atoms with Crippen LogP contribution in [-0.4, -0.2) is 37.8 Å². The lowest BCUT2D eigenvalue weighted by molar-refractivity contribution is 0.171. The minimum absolute atomic E-state index is 0.117. The molecule has 3 rings (SSSR count). The van der Waals surface area contributed by atoms with Gasteiger partial charge >= 0.3 is 12.1 Å². The van der Waals surface area contributed by atoms with E-state index in [-0.39, 0.29) is 29.8 Å². The number of amides is 4. The molecule has 1 atom stereocenters. The Kier molecular flexibility index (Phi) is 6.44. The van der Waals surface area contributed by atoms with Gasteiger partial charge < -0.3 is 20.7 Å². The third-order valence-electron chi connectivity index (χ3n) is 4.87. The highest BCUT2D eigenvalue weighted by Crippen LogP contribution is 2.23. The summed E-state index contributed by atoms with van der Waals surface area (Å²) < 4.78 is 19.4. The predicted molar refractivity (Wildman–Crippen MR) is 114 cm³/mol. The molecule has 160 valence electrons. The highest BCUT2D eigenvalue weighted by atomic mass is 19.1. The van der Waals surface area contributed by atoms with Crippen molar-refractivity contribution in [3.63, 3.8) is 0 Å². The molecule has 8 heteroatoms. The van der Waals surface area contributed by atoms with Crippen molar-refractivity contribution in [1.82, 2.24) is 10.6 Å². The van der Waals surface area contributed by atoms with Crippen LogP contribution in [0.2, 0.25) is 0 Å². The summed E-state index contributed by atoms with van der Waals surface area (Å²) in [4.78, 5) is 26.1. The monoisotopic (exact) mass is 414 g/mol. The van der Waals surface area contributed by atoms with Crippen LogP contribution in [-0.2, 0) is 0 Å². The Bertz CT molecular complexity index is 913. The summed E-state index contributed by atoms with van der Waals surface area (Å²) in [6.45, 7) is 7.19. The lowest BCUT2D eigenvalue weighted by Gasteiger charge is -2.31. The summed E-state index contributed by atoms with van der Waals surface area (Å²) in [5, 5.41) is 8.45. The Hall–Kier alpha value is -3.29. The highest BCUT2D eigenvalue weighted by molar-refractivity contribution is 5.95. The molecule has 0 radical (unpaired) electrons. The number of halogens is 1. The quantitative estimate of drug-likeness (QED) is 0.669. The van der Waals surface area contributed by atoms with Crippen molar-refractivity contribution in [2.75, 3.05) is 29.9 Å². The number of benzene rings is 2. The molecule has 0 spiro atoms. The zero-order valence-electron chi connectivity index (χ0n) is 17.4. The van der Waals surface area contributed by atoms with Gasteiger partial charge in [-0.25, -0.2) is 14.0 Å². The number of ether oxygens (including phenoxy) is 1. The van der Waals surface area contributed by atoms with Gasteiger partial charge in [0.25, 0.3) is 0 Å². The van der Waals surface area contributed by atoms with Gasteiger partial charge in [-0.3, -0.25) is 4.90 Å². The molecule has 1 saturated heterocycles. The second-order valence-corrected chi connectivity index (χ2v) is 8.19. The SMILES string of the molecule is CC(C)(C)C(COc1ccccc1F)NC(=O)Nc1cccc(N2CCNC2=O)c1. The van der Waals surface area contributed by atoms with Crippen LogP contribution in [0, 0.1) is 11.2 Å². The van der Waals surface area contributed by atoms with Crippen molar-refractivity contribution in [3.8, 4) is 5.75 Å². The van der Waals surface area contributed by atoms with E-state index in [0.717, 1.165) is 0 Å². The Morgan fingerprint density at radius 1 is 1.23 bits per heavy atom. The number of carbonyl (C=O) groups excluding carboxylic acids is 2. The van der Waals surface area contributed by atoms with Crippen LogP contribution in [0.3, 0.4) is 0 Å². The molecule has 2 aromatic rings. The number of rotatable bonds is 6. The van der Waals surface area contributed by atoms with E-state index in [9.17, 15) is 14.0 Å². The molecule has 1 unspecified atom stereocenters. The van der Waals surface area contributed by atoms with E-state index in [0.29, 0.717) is 24.5 Å². The molecule has 2 aromatic carbocycles. The van der Waals surface area contributed by atoms with Crippen LogP contribution < -0.4 is 25.6 Å². The van der Waals surface area contributed by atoms with Crippen molar-refractivity contribution in [2.24, 2.45) is 5.41 Å². The summed E-state index contributed by atoms with van der Waals surface area (Å²) in [6.07, 6.45) is 0. The lowest BCUT2D eigenvalue weighted by atomic mass is 9.87. The van der Waals surface area contributed by atoms with Crippen LogP contribution in [0.1, 0.15) is 20.8 Å². The second-order valence-electron chi connectivity index (χ2n) is 8.19. The van der Waals surface area contributed by atoms with Crippen LogP contribution in [0.4, 0.5) is 25.4 Å². The van der Waals surface area contributed by atoms with Gasteiger partial charge in [-0.15, -0.1) is 0 Å². The van der Waals surface area contributed by atoms with E-state index in [4.69, 9.17) is 4.74 Å². The molecule has 4 amide bonds. The number of nitrogens with zero attached hydrogens (tertiary/aromatic N) is 1. The fourth-order valence-corrected chi connectivity index (χ4v) is 3.04. The molecule has 3 N–H and O–H groups in total. The minimum Gasteiger partial charge on any atom is -0.488 e. The number of urea groups is 2. The van der Waals surface area contributed by atoms with Gasteiger partial charge in [0.15, 0.2) is 11.6 Å². The summed E-state index contributed by atoms with van der Waals surface area (Å²) in [5.74, 6) is -0.303. The van der Waals surface area contributed by atoms with E-state index in [2.05, 4.69) is 16.0 Å². The van der Waals surface area contributed by atoms with Gasteiger partial charge in [-0.2, -0.15) is 0 Å². The van der Waals surface area contributed by atoms with Gasteiger partial charge in [-0.1, -0.05) is 39.0 Å². The summed E-state index contributed by atoms with van der Waals surface area (Å²) in [5.41, 5.74) is 0.948. The first-order valence-electron chi connectivity index (χ1n) is 9.84. The summed E-state index contributed by atoms with van der Waals surface area (Å²) in [6, 6.07) is 12.3. The van der Waals surface area contributed by atoms with E-state index >= 15 is 0 Å². The average molecular weight is 414 g/mol. The van der Waals surface area contributed by atoms with Crippen molar-refractivity contribution in [2.45, 2.75) is 26.8 Å². The molecule has 0 aromatic heterocycles. The van der Waals surface area contributed by atoms with E-state index in [1.54, 1.807) is 41.3 Å². The van der Waals surface area contributed by atoms with Crippen molar-refractivity contribution in [1.29, 1.82) is 0 Å². The molecule has 1 heterocycles. The number of anilines is 2. The topological polar surface area (TPSA) is 82.7 Å². The van der Waals surface area contributed by atoms with Crippen LogP contribution >= 0.6 is 0 Å². The fourth-order valence-electron chi connectivity index (χ4n) is 3.04. The third kappa shape index (κ3) is 5.40. The van der Waals surface area contributed by atoms with Gasteiger partial charge in [-0.05, 0) is 35.7 Å². The molecule has 1 fully saturated rings.